The first-order valence-electron chi connectivity index (χ1n) is 8.59. The number of pyridine rings is 1. The fraction of sp³-hybridized carbons (Fsp3) is 0.381. The predicted molar refractivity (Wildman–Crippen MR) is 102 cm³/mol. The SMILES string of the molecule is CC(C)(C)c1ccc(/C(=C\[C@H]2CCNC2)c2ccc(Cl)cn2)cc1. The van der Waals surface area contributed by atoms with Crippen LogP contribution < -0.4 is 5.32 Å². The number of benzene rings is 1. The van der Waals surface area contributed by atoms with Crippen molar-refractivity contribution in [3.05, 3.63) is 70.5 Å². The summed E-state index contributed by atoms with van der Waals surface area (Å²) in [4.78, 5) is 4.55. The minimum atomic E-state index is 0.163. The van der Waals surface area contributed by atoms with Crippen molar-refractivity contribution in [2.75, 3.05) is 13.1 Å². The Morgan fingerprint density at radius 1 is 1.17 bits per heavy atom. The van der Waals surface area contributed by atoms with Crippen LogP contribution in [0.2, 0.25) is 5.02 Å². The zero-order valence-electron chi connectivity index (χ0n) is 14.6. The summed E-state index contributed by atoms with van der Waals surface area (Å²) in [6.45, 7) is 8.85. The van der Waals surface area contributed by atoms with E-state index in [2.05, 4.69) is 61.4 Å². The molecule has 1 aliphatic heterocycles. The summed E-state index contributed by atoms with van der Waals surface area (Å²) in [5.41, 5.74) is 4.90. The van der Waals surface area contributed by atoms with E-state index in [1.807, 2.05) is 12.1 Å². The molecule has 3 rings (SSSR count). The van der Waals surface area contributed by atoms with Crippen molar-refractivity contribution < 1.29 is 0 Å². The summed E-state index contributed by atoms with van der Waals surface area (Å²) in [5.74, 6) is 0.555. The predicted octanol–water partition coefficient (Wildman–Crippen LogP) is 5.07. The zero-order valence-corrected chi connectivity index (χ0v) is 15.4. The lowest BCUT2D eigenvalue weighted by atomic mass is 9.85. The van der Waals surface area contributed by atoms with Gasteiger partial charge in [0.05, 0.1) is 10.7 Å². The number of halogens is 1. The molecule has 2 aromatic rings. The quantitative estimate of drug-likeness (QED) is 0.843. The van der Waals surface area contributed by atoms with Crippen LogP contribution in [-0.4, -0.2) is 18.1 Å². The van der Waals surface area contributed by atoms with Crippen molar-refractivity contribution in [1.82, 2.24) is 10.3 Å². The van der Waals surface area contributed by atoms with Gasteiger partial charge in [0, 0.05) is 18.3 Å². The lowest BCUT2D eigenvalue weighted by Crippen LogP contribution is -2.11. The largest absolute Gasteiger partial charge is 0.316 e. The van der Waals surface area contributed by atoms with Crippen LogP contribution in [0.15, 0.2) is 48.7 Å². The summed E-state index contributed by atoms with van der Waals surface area (Å²) in [6.07, 6.45) is 5.26. The minimum Gasteiger partial charge on any atom is -0.316 e. The summed E-state index contributed by atoms with van der Waals surface area (Å²) in [7, 11) is 0. The molecule has 0 amide bonds. The van der Waals surface area contributed by atoms with E-state index in [1.54, 1.807) is 6.20 Å². The molecule has 126 valence electrons. The molecular weight excluding hydrogens is 316 g/mol. The molecule has 1 atom stereocenters. The van der Waals surface area contributed by atoms with Crippen molar-refractivity contribution in [2.24, 2.45) is 5.92 Å². The number of hydrogen-bond acceptors (Lipinski definition) is 2. The second-order valence-corrected chi connectivity index (χ2v) is 7.96. The average molecular weight is 341 g/mol. The molecule has 1 fully saturated rings. The summed E-state index contributed by atoms with van der Waals surface area (Å²) in [6, 6.07) is 12.8. The Morgan fingerprint density at radius 2 is 1.92 bits per heavy atom. The summed E-state index contributed by atoms with van der Waals surface area (Å²) < 4.78 is 0. The molecule has 0 spiro atoms. The number of hydrogen-bond donors (Lipinski definition) is 1. The number of aromatic nitrogens is 1. The maximum absolute atomic E-state index is 6.01. The molecule has 3 heteroatoms. The van der Waals surface area contributed by atoms with Crippen LogP contribution >= 0.6 is 11.6 Å². The van der Waals surface area contributed by atoms with Crippen molar-refractivity contribution in [2.45, 2.75) is 32.6 Å². The van der Waals surface area contributed by atoms with Gasteiger partial charge in [-0.3, -0.25) is 4.98 Å². The highest BCUT2D eigenvalue weighted by Crippen LogP contribution is 2.29. The Kier molecular flexibility index (Phi) is 5.07. The van der Waals surface area contributed by atoms with Crippen LogP contribution in [0.5, 0.6) is 0 Å². The molecule has 0 aliphatic carbocycles. The van der Waals surface area contributed by atoms with Gasteiger partial charge < -0.3 is 5.32 Å². The van der Waals surface area contributed by atoms with Crippen LogP contribution in [0.4, 0.5) is 0 Å². The fourth-order valence-corrected chi connectivity index (χ4v) is 3.18. The monoisotopic (exact) mass is 340 g/mol. The maximum atomic E-state index is 6.01. The second kappa shape index (κ2) is 7.08. The van der Waals surface area contributed by atoms with Gasteiger partial charge in [-0.1, -0.05) is 62.7 Å². The molecule has 1 aliphatic rings. The highest BCUT2D eigenvalue weighted by atomic mass is 35.5. The van der Waals surface area contributed by atoms with Crippen molar-refractivity contribution in [3.8, 4) is 0 Å². The number of rotatable bonds is 3. The fourth-order valence-electron chi connectivity index (χ4n) is 3.07. The first-order valence-corrected chi connectivity index (χ1v) is 8.97. The van der Waals surface area contributed by atoms with Gasteiger partial charge in [0.15, 0.2) is 0 Å². The van der Waals surface area contributed by atoms with E-state index in [-0.39, 0.29) is 5.41 Å². The molecule has 24 heavy (non-hydrogen) atoms. The van der Waals surface area contributed by atoms with Gasteiger partial charge in [0.25, 0.3) is 0 Å². The van der Waals surface area contributed by atoms with Gasteiger partial charge in [0.1, 0.15) is 0 Å². The second-order valence-electron chi connectivity index (χ2n) is 7.52. The molecule has 1 aromatic heterocycles. The Labute approximate surface area is 150 Å². The molecule has 1 N–H and O–H groups in total. The summed E-state index contributed by atoms with van der Waals surface area (Å²) in [5, 5.41) is 4.10. The standard InChI is InChI=1S/C21H25ClN2/c1-21(2,3)17-6-4-16(5-7-17)19(12-15-10-11-23-13-15)20-9-8-18(22)14-24-20/h4-9,12,14-15,23H,10-11,13H2,1-3H3/b19-12+/t15-/m1/s1. The van der Waals surface area contributed by atoms with Gasteiger partial charge in [-0.2, -0.15) is 0 Å². The maximum Gasteiger partial charge on any atom is 0.0706 e. The Morgan fingerprint density at radius 3 is 2.46 bits per heavy atom. The molecule has 0 radical (unpaired) electrons. The highest BCUT2D eigenvalue weighted by Gasteiger charge is 2.17. The zero-order chi connectivity index (χ0) is 17.2. The van der Waals surface area contributed by atoms with E-state index < -0.39 is 0 Å². The normalized spacial score (nSPS) is 18.8. The average Bonchev–Trinajstić information content (AvgIpc) is 3.06. The van der Waals surface area contributed by atoms with Crippen LogP contribution in [-0.2, 0) is 5.41 Å². The Hall–Kier alpha value is -1.64. The number of nitrogens with one attached hydrogen (secondary N) is 1. The Bertz CT molecular complexity index is 703. The first kappa shape index (κ1) is 17.2. The summed E-state index contributed by atoms with van der Waals surface area (Å²) >= 11 is 6.01. The van der Waals surface area contributed by atoms with Gasteiger partial charge in [0.2, 0.25) is 0 Å². The van der Waals surface area contributed by atoms with Gasteiger partial charge in [-0.15, -0.1) is 0 Å². The lowest BCUT2D eigenvalue weighted by Gasteiger charge is -2.19. The van der Waals surface area contributed by atoms with E-state index in [9.17, 15) is 0 Å². The highest BCUT2D eigenvalue weighted by molar-refractivity contribution is 6.30. The first-order chi connectivity index (χ1) is 11.4. The molecule has 1 saturated heterocycles. The van der Waals surface area contributed by atoms with Gasteiger partial charge in [-0.25, -0.2) is 0 Å². The molecular formula is C21H25ClN2. The third-order valence-corrected chi connectivity index (χ3v) is 4.79. The van der Waals surface area contributed by atoms with Gasteiger partial charge >= 0.3 is 0 Å². The van der Waals surface area contributed by atoms with E-state index in [4.69, 9.17) is 11.6 Å². The molecule has 1 aromatic carbocycles. The van der Waals surface area contributed by atoms with E-state index in [1.165, 1.54) is 23.1 Å². The van der Waals surface area contributed by atoms with E-state index in [0.29, 0.717) is 10.9 Å². The molecule has 0 unspecified atom stereocenters. The topological polar surface area (TPSA) is 24.9 Å². The smallest absolute Gasteiger partial charge is 0.0706 e. The third-order valence-electron chi connectivity index (χ3n) is 4.57. The number of nitrogens with zero attached hydrogens (tertiary/aromatic N) is 1. The van der Waals surface area contributed by atoms with Crippen LogP contribution in [0.3, 0.4) is 0 Å². The van der Waals surface area contributed by atoms with Crippen molar-refractivity contribution >= 4 is 17.2 Å². The third kappa shape index (κ3) is 4.06. The van der Waals surface area contributed by atoms with Crippen LogP contribution in [0.25, 0.3) is 5.57 Å². The van der Waals surface area contributed by atoms with Crippen molar-refractivity contribution in [3.63, 3.8) is 0 Å². The van der Waals surface area contributed by atoms with Crippen LogP contribution in [0.1, 0.15) is 44.0 Å². The van der Waals surface area contributed by atoms with E-state index >= 15 is 0 Å². The van der Waals surface area contributed by atoms with E-state index in [0.717, 1.165) is 18.8 Å². The van der Waals surface area contributed by atoms with Crippen LogP contribution in [0, 0.1) is 5.92 Å². The minimum absolute atomic E-state index is 0.163. The van der Waals surface area contributed by atoms with Gasteiger partial charge in [-0.05, 0) is 47.6 Å². The molecule has 0 saturated carbocycles. The Balaban J connectivity index is 1.99. The van der Waals surface area contributed by atoms with Crippen molar-refractivity contribution in [1.29, 1.82) is 0 Å². The molecule has 2 nitrogen and oxygen atoms in total. The lowest BCUT2D eigenvalue weighted by molar-refractivity contribution is 0.590. The molecule has 2 heterocycles. The molecule has 0 bridgehead atoms.